The fourth-order valence-corrected chi connectivity index (χ4v) is 8.19. The van der Waals surface area contributed by atoms with Crippen molar-refractivity contribution in [2.24, 2.45) is 5.41 Å². The predicted molar refractivity (Wildman–Crippen MR) is 147 cm³/mol. The molecule has 0 N–H and O–H groups in total. The van der Waals surface area contributed by atoms with Crippen molar-refractivity contribution in [2.75, 3.05) is 66.0 Å². The zero-order chi connectivity index (χ0) is 24.5. The van der Waals surface area contributed by atoms with E-state index in [0.717, 1.165) is 0 Å². The van der Waals surface area contributed by atoms with Gasteiger partial charge in [-0.1, -0.05) is 48.5 Å². The van der Waals surface area contributed by atoms with Crippen molar-refractivity contribution in [3.8, 4) is 0 Å². The van der Waals surface area contributed by atoms with Crippen LogP contribution in [-0.2, 0) is 4.43 Å². The van der Waals surface area contributed by atoms with Gasteiger partial charge in [0.1, 0.15) is 0 Å². The van der Waals surface area contributed by atoms with E-state index in [1.807, 2.05) is 7.11 Å². The molecule has 0 spiro atoms. The van der Waals surface area contributed by atoms with Crippen molar-refractivity contribution in [2.45, 2.75) is 106 Å². The topological polar surface area (TPSA) is 19.0 Å². The highest BCUT2D eigenvalue weighted by Crippen LogP contribution is 2.36. The third kappa shape index (κ3) is 12.5. The van der Waals surface area contributed by atoms with Crippen LogP contribution < -0.4 is 0 Å². The van der Waals surface area contributed by atoms with Gasteiger partial charge in [-0.3, -0.25) is 0 Å². The van der Waals surface area contributed by atoms with Crippen LogP contribution in [0.1, 0.15) is 87.0 Å². The van der Waals surface area contributed by atoms with Gasteiger partial charge in [0.2, 0.25) is 0 Å². The molecule has 0 radical (unpaired) electrons. The Labute approximate surface area is 204 Å². The molecule has 0 amide bonds. The molecule has 0 aromatic carbocycles. The molecular formula is C27H61N3OSi. The minimum absolute atomic E-state index is 0.270. The summed E-state index contributed by atoms with van der Waals surface area (Å²) in [6.07, 6.45) is 7.44. The molecule has 0 fully saturated rings. The Morgan fingerprint density at radius 2 is 0.844 bits per heavy atom. The Morgan fingerprint density at radius 3 is 1.03 bits per heavy atom. The maximum atomic E-state index is 6.33. The molecule has 0 saturated carbocycles. The van der Waals surface area contributed by atoms with Gasteiger partial charge in [-0.2, -0.15) is 0 Å². The Balaban J connectivity index is 6.31. The van der Waals surface area contributed by atoms with E-state index in [0.29, 0.717) is 0 Å². The number of hydrogen-bond donors (Lipinski definition) is 0. The average molecular weight is 472 g/mol. The molecule has 0 heterocycles. The molecule has 0 saturated heterocycles. The minimum atomic E-state index is -1.75. The zero-order valence-electron chi connectivity index (χ0n) is 23.8. The van der Waals surface area contributed by atoms with Gasteiger partial charge in [-0.25, -0.2) is 0 Å². The van der Waals surface area contributed by atoms with Gasteiger partial charge in [0.15, 0.2) is 8.32 Å². The van der Waals surface area contributed by atoms with Crippen molar-refractivity contribution in [1.82, 2.24) is 14.7 Å². The van der Waals surface area contributed by atoms with Crippen LogP contribution in [-0.4, -0.2) is 89.0 Å². The Hall–Kier alpha value is 0.0569. The zero-order valence-corrected chi connectivity index (χ0v) is 24.8. The van der Waals surface area contributed by atoms with Crippen molar-refractivity contribution in [1.29, 1.82) is 0 Å². The van der Waals surface area contributed by atoms with Crippen LogP contribution in [0.25, 0.3) is 0 Å². The van der Waals surface area contributed by atoms with Crippen molar-refractivity contribution < 1.29 is 4.43 Å². The Bertz CT molecular complexity index is 368. The maximum absolute atomic E-state index is 6.33. The molecule has 0 aliphatic rings. The van der Waals surface area contributed by atoms with E-state index < -0.39 is 8.32 Å². The molecule has 32 heavy (non-hydrogen) atoms. The summed E-state index contributed by atoms with van der Waals surface area (Å²) in [5.74, 6) is 0. The highest BCUT2D eigenvalue weighted by molar-refractivity contribution is 6.72. The van der Waals surface area contributed by atoms with Crippen molar-refractivity contribution in [3.05, 3.63) is 0 Å². The Kier molecular flexibility index (Phi) is 18.4. The van der Waals surface area contributed by atoms with E-state index in [9.17, 15) is 0 Å². The summed E-state index contributed by atoms with van der Waals surface area (Å²) in [4.78, 5) is 8.35. The fraction of sp³-hybridized carbons (Fsp3) is 1.00. The van der Waals surface area contributed by atoms with Gasteiger partial charge >= 0.3 is 0 Å². The highest BCUT2D eigenvalue weighted by atomic mass is 28.4. The molecule has 0 bridgehead atoms. The van der Waals surface area contributed by atoms with E-state index in [1.54, 1.807) is 0 Å². The molecule has 1 atom stereocenters. The lowest BCUT2D eigenvalue weighted by Crippen LogP contribution is -2.56. The summed E-state index contributed by atoms with van der Waals surface area (Å²) in [5, 5.41) is 0. The van der Waals surface area contributed by atoms with Crippen LogP contribution in [0.4, 0.5) is 0 Å². The summed E-state index contributed by atoms with van der Waals surface area (Å²) < 4.78 is 6.33. The predicted octanol–water partition coefficient (Wildman–Crippen LogP) is 6.58. The SMILES string of the molecule is CCCN(CCC)CC(CN(CCC)CCC)(CN(CCC)CCC)C[Si](C)(CC)OC. The van der Waals surface area contributed by atoms with Gasteiger partial charge in [0.05, 0.1) is 0 Å². The number of nitrogens with zero attached hydrogens (tertiary/aromatic N) is 3. The lowest BCUT2D eigenvalue weighted by molar-refractivity contribution is 0.0617. The Morgan fingerprint density at radius 1 is 0.562 bits per heavy atom. The quantitative estimate of drug-likeness (QED) is 0.166. The van der Waals surface area contributed by atoms with E-state index >= 15 is 0 Å². The first kappa shape index (κ1) is 32.1. The molecule has 5 heteroatoms. The van der Waals surface area contributed by atoms with E-state index in [4.69, 9.17) is 4.43 Å². The first-order chi connectivity index (χ1) is 15.3. The van der Waals surface area contributed by atoms with Gasteiger partial charge in [-0.15, -0.1) is 0 Å². The molecule has 0 aliphatic carbocycles. The highest BCUT2D eigenvalue weighted by Gasteiger charge is 2.43. The van der Waals surface area contributed by atoms with Crippen LogP contribution in [0, 0.1) is 5.41 Å². The van der Waals surface area contributed by atoms with E-state index in [2.05, 4.69) is 69.7 Å². The molecular weight excluding hydrogens is 410 g/mol. The number of rotatable bonds is 22. The van der Waals surface area contributed by atoms with Crippen LogP contribution in [0.2, 0.25) is 18.6 Å². The summed E-state index contributed by atoms with van der Waals surface area (Å²) in [5.41, 5.74) is 0.270. The van der Waals surface area contributed by atoms with Crippen LogP contribution in [0.5, 0.6) is 0 Å². The van der Waals surface area contributed by atoms with Gasteiger partial charge in [-0.05, 0) is 96.4 Å². The third-order valence-corrected chi connectivity index (χ3v) is 10.9. The molecule has 0 aromatic rings. The monoisotopic (exact) mass is 471 g/mol. The maximum Gasteiger partial charge on any atom is 0.189 e. The van der Waals surface area contributed by atoms with E-state index in [1.165, 1.54) is 110 Å². The molecule has 0 rings (SSSR count). The lowest BCUT2D eigenvalue weighted by Gasteiger charge is -2.47. The van der Waals surface area contributed by atoms with Crippen molar-refractivity contribution in [3.63, 3.8) is 0 Å². The number of hydrogen-bond acceptors (Lipinski definition) is 4. The fourth-order valence-electron chi connectivity index (χ4n) is 5.58. The molecule has 0 aromatic heterocycles. The smallest absolute Gasteiger partial charge is 0.189 e. The van der Waals surface area contributed by atoms with Crippen molar-refractivity contribution >= 4 is 8.32 Å². The molecule has 0 aliphatic heterocycles. The average Bonchev–Trinajstić information content (AvgIpc) is 2.74. The normalized spacial score (nSPS) is 14.6. The first-order valence-corrected chi connectivity index (χ1v) is 16.9. The summed E-state index contributed by atoms with van der Waals surface area (Å²) in [6.45, 7) is 29.8. The summed E-state index contributed by atoms with van der Waals surface area (Å²) >= 11 is 0. The van der Waals surface area contributed by atoms with Crippen LogP contribution >= 0.6 is 0 Å². The molecule has 194 valence electrons. The summed E-state index contributed by atoms with van der Waals surface area (Å²) in [7, 11) is 0.237. The largest absolute Gasteiger partial charge is 0.420 e. The van der Waals surface area contributed by atoms with E-state index in [-0.39, 0.29) is 5.41 Å². The first-order valence-electron chi connectivity index (χ1n) is 14.0. The molecule has 1 unspecified atom stereocenters. The second kappa shape index (κ2) is 18.4. The minimum Gasteiger partial charge on any atom is -0.420 e. The van der Waals surface area contributed by atoms with Crippen LogP contribution in [0.3, 0.4) is 0 Å². The second-order valence-corrected chi connectivity index (χ2v) is 14.9. The van der Waals surface area contributed by atoms with Gasteiger partial charge in [0.25, 0.3) is 0 Å². The lowest BCUT2D eigenvalue weighted by atomic mass is 9.87. The van der Waals surface area contributed by atoms with Crippen LogP contribution in [0.15, 0.2) is 0 Å². The third-order valence-electron chi connectivity index (χ3n) is 6.91. The van der Waals surface area contributed by atoms with Gasteiger partial charge in [0, 0.05) is 32.2 Å². The van der Waals surface area contributed by atoms with Gasteiger partial charge < -0.3 is 19.1 Å². The summed E-state index contributed by atoms with van der Waals surface area (Å²) in [6, 6.07) is 2.47. The molecule has 4 nitrogen and oxygen atoms in total. The standard InChI is InChI=1S/C27H61N3OSi/c1-10-17-28(18-11-2)23-27(26-32(9,16-7)31-8,24-29(19-12-3)20-13-4)25-30(21-14-5)22-15-6/h10-26H2,1-9H3. The second-order valence-electron chi connectivity index (χ2n) is 10.5.